The minimum atomic E-state index is 0.281. The van der Waals surface area contributed by atoms with Gasteiger partial charge in [0.2, 0.25) is 0 Å². The van der Waals surface area contributed by atoms with Crippen molar-refractivity contribution in [1.82, 2.24) is 5.32 Å². The fourth-order valence-corrected chi connectivity index (χ4v) is 2.41. The second-order valence-corrected chi connectivity index (χ2v) is 4.81. The van der Waals surface area contributed by atoms with Gasteiger partial charge in [-0.15, -0.1) is 0 Å². The van der Waals surface area contributed by atoms with Gasteiger partial charge in [0.15, 0.2) is 0 Å². The van der Waals surface area contributed by atoms with Crippen molar-refractivity contribution in [3.8, 4) is 6.07 Å². The molecule has 2 heteroatoms. The maximum absolute atomic E-state index is 8.99. The molecular weight excluding hydrogens is 172 g/mol. The van der Waals surface area contributed by atoms with Gasteiger partial charge >= 0.3 is 0 Å². The average Bonchev–Trinajstić information content (AvgIpc) is 3.03. The monoisotopic (exact) mass is 192 g/mol. The Labute approximate surface area is 86.7 Å². The first-order chi connectivity index (χ1) is 6.90. The molecule has 0 saturated heterocycles. The average molecular weight is 192 g/mol. The summed E-state index contributed by atoms with van der Waals surface area (Å²) in [6.07, 6.45) is 9.08. The van der Waals surface area contributed by atoms with Crippen molar-refractivity contribution in [2.24, 2.45) is 11.8 Å². The Morgan fingerprint density at radius 1 is 1.14 bits per heavy atom. The number of hydrogen-bond donors (Lipinski definition) is 1. The Bertz CT molecular complexity index is 215. The molecule has 2 atom stereocenters. The molecular formula is C12H20N2. The van der Waals surface area contributed by atoms with Gasteiger partial charge in [0.1, 0.15) is 0 Å². The first-order valence-corrected chi connectivity index (χ1v) is 6.03. The van der Waals surface area contributed by atoms with E-state index in [-0.39, 0.29) is 5.92 Å². The van der Waals surface area contributed by atoms with Crippen LogP contribution in [0.15, 0.2) is 0 Å². The Hall–Kier alpha value is -0.550. The van der Waals surface area contributed by atoms with Gasteiger partial charge in [0.05, 0.1) is 12.0 Å². The first-order valence-electron chi connectivity index (χ1n) is 6.03. The van der Waals surface area contributed by atoms with Gasteiger partial charge in [-0.1, -0.05) is 25.7 Å². The molecule has 2 nitrogen and oxygen atoms in total. The van der Waals surface area contributed by atoms with Crippen LogP contribution in [0.2, 0.25) is 0 Å². The van der Waals surface area contributed by atoms with Crippen molar-refractivity contribution >= 4 is 0 Å². The van der Waals surface area contributed by atoms with Crippen molar-refractivity contribution in [3.05, 3.63) is 0 Å². The predicted molar refractivity (Wildman–Crippen MR) is 56.7 cm³/mol. The van der Waals surface area contributed by atoms with E-state index in [1.54, 1.807) is 0 Å². The van der Waals surface area contributed by atoms with E-state index in [0.717, 1.165) is 18.9 Å². The van der Waals surface area contributed by atoms with E-state index < -0.39 is 0 Å². The highest BCUT2D eigenvalue weighted by atomic mass is 14.9. The molecule has 0 aromatic rings. The molecule has 0 heterocycles. The zero-order valence-corrected chi connectivity index (χ0v) is 8.84. The van der Waals surface area contributed by atoms with Crippen LogP contribution in [0.3, 0.4) is 0 Å². The third-order valence-corrected chi connectivity index (χ3v) is 3.59. The maximum Gasteiger partial charge on any atom is 0.0672 e. The lowest BCUT2D eigenvalue weighted by molar-refractivity contribution is 0.310. The van der Waals surface area contributed by atoms with E-state index in [2.05, 4.69) is 11.4 Å². The zero-order chi connectivity index (χ0) is 9.80. The first kappa shape index (κ1) is 9.98. The van der Waals surface area contributed by atoms with Gasteiger partial charge in [-0.25, -0.2) is 0 Å². The summed E-state index contributed by atoms with van der Waals surface area (Å²) < 4.78 is 0. The number of nitriles is 1. The van der Waals surface area contributed by atoms with Crippen molar-refractivity contribution < 1.29 is 0 Å². The van der Waals surface area contributed by atoms with E-state index in [1.165, 1.54) is 38.5 Å². The van der Waals surface area contributed by atoms with Gasteiger partial charge in [-0.2, -0.15) is 5.26 Å². The molecule has 1 N–H and O–H groups in total. The highest BCUT2D eigenvalue weighted by Gasteiger charge is 2.25. The molecule has 0 radical (unpaired) electrons. The summed E-state index contributed by atoms with van der Waals surface area (Å²) >= 11 is 0. The lowest BCUT2D eigenvalue weighted by Crippen LogP contribution is -2.38. The smallest absolute Gasteiger partial charge is 0.0672 e. The van der Waals surface area contributed by atoms with Crippen LogP contribution in [-0.4, -0.2) is 12.6 Å². The quantitative estimate of drug-likeness (QED) is 0.742. The van der Waals surface area contributed by atoms with Gasteiger partial charge in [-0.3, -0.25) is 0 Å². The summed E-state index contributed by atoms with van der Waals surface area (Å²) in [6, 6.07) is 2.94. The van der Waals surface area contributed by atoms with Gasteiger partial charge in [0, 0.05) is 6.04 Å². The van der Waals surface area contributed by atoms with Crippen LogP contribution in [0.5, 0.6) is 0 Å². The molecule has 2 aliphatic carbocycles. The summed E-state index contributed by atoms with van der Waals surface area (Å²) in [7, 11) is 0. The summed E-state index contributed by atoms with van der Waals surface area (Å²) in [5, 5.41) is 12.6. The van der Waals surface area contributed by atoms with Crippen LogP contribution in [0, 0.1) is 23.2 Å². The topological polar surface area (TPSA) is 35.8 Å². The molecule has 0 aliphatic heterocycles. The molecule has 0 spiro atoms. The van der Waals surface area contributed by atoms with E-state index in [0.29, 0.717) is 6.04 Å². The lowest BCUT2D eigenvalue weighted by Gasteiger charge is -2.27. The third-order valence-electron chi connectivity index (χ3n) is 3.59. The minimum Gasteiger partial charge on any atom is -0.313 e. The second-order valence-electron chi connectivity index (χ2n) is 4.81. The Morgan fingerprint density at radius 3 is 2.64 bits per heavy atom. The molecule has 2 saturated carbocycles. The summed E-state index contributed by atoms with van der Waals surface area (Å²) in [5.41, 5.74) is 0. The fraction of sp³-hybridized carbons (Fsp3) is 0.917. The third kappa shape index (κ3) is 2.72. The fourth-order valence-electron chi connectivity index (χ4n) is 2.41. The van der Waals surface area contributed by atoms with Crippen LogP contribution in [-0.2, 0) is 0 Å². The Kier molecular flexibility index (Phi) is 3.42. The summed E-state index contributed by atoms with van der Waals surface area (Å²) in [4.78, 5) is 0. The molecule has 2 unspecified atom stereocenters. The van der Waals surface area contributed by atoms with E-state index >= 15 is 0 Å². The Morgan fingerprint density at radius 2 is 1.93 bits per heavy atom. The molecule has 2 rings (SSSR count). The van der Waals surface area contributed by atoms with Crippen LogP contribution in [0.25, 0.3) is 0 Å². The van der Waals surface area contributed by atoms with Crippen LogP contribution < -0.4 is 5.32 Å². The van der Waals surface area contributed by atoms with Crippen LogP contribution in [0.1, 0.15) is 44.9 Å². The van der Waals surface area contributed by atoms with Crippen LogP contribution in [0.4, 0.5) is 0 Å². The van der Waals surface area contributed by atoms with Crippen molar-refractivity contribution in [2.45, 2.75) is 51.0 Å². The molecule has 2 fully saturated rings. The number of nitrogens with zero attached hydrogens (tertiary/aromatic N) is 1. The normalized spacial score (nSPS) is 32.5. The molecule has 78 valence electrons. The van der Waals surface area contributed by atoms with Crippen molar-refractivity contribution in [2.75, 3.05) is 6.54 Å². The van der Waals surface area contributed by atoms with E-state index in [9.17, 15) is 0 Å². The molecule has 0 aromatic heterocycles. The second kappa shape index (κ2) is 4.79. The predicted octanol–water partition coefficient (Wildman–Crippen LogP) is 2.46. The molecule has 14 heavy (non-hydrogen) atoms. The highest BCUT2D eigenvalue weighted by Crippen LogP contribution is 2.32. The molecule has 0 aromatic carbocycles. The standard InChI is InChI=1S/C12H20N2/c13-9-11-3-1-2-4-12(11)14-8-7-10-5-6-10/h10-12,14H,1-8H2. The lowest BCUT2D eigenvalue weighted by atomic mass is 9.85. The van der Waals surface area contributed by atoms with Gasteiger partial charge in [0.25, 0.3) is 0 Å². The minimum absolute atomic E-state index is 0.281. The summed E-state index contributed by atoms with van der Waals surface area (Å²) in [6.45, 7) is 1.13. The zero-order valence-electron chi connectivity index (χ0n) is 8.84. The molecule has 0 amide bonds. The summed E-state index contributed by atoms with van der Waals surface area (Å²) in [5.74, 6) is 1.29. The van der Waals surface area contributed by atoms with Gasteiger partial charge < -0.3 is 5.32 Å². The number of nitrogens with one attached hydrogen (secondary N) is 1. The van der Waals surface area contributed by atoms with Gasteiger partial charge in [-0.05, 0) is 31.7 Å². The van der Waals surface area contributed by atoms with Crippen molar-refractivity contribution in [1.29, 1.82) is 5.26 Å². The molecule has 2 aliphatic rings. The Balaban J connectivity index is 1.68. The highest BCUT2D eigenvalue weighted by molar-refractivity contribution is 4.94. The van der Waals surface area contributed by atoms with Crippen molar-refractivity contribution in [3.63, 3.8) is 0 Å². The maximum atomic E-state index is 8.99. The van der Waals surface area contributed by atoms with E-state index in [1.807, 2.05) is 0 Å². The van der Waals surface area contributed by atoms with Crippen LogP contribution >= 0.6 is 0 Å². The number of rotatable bonds is 4. The van der Waals surface area contributed by atoms with E-state index in [4.69, 9.17) is 5.26 Å². The number of hydrogen-bond acceptors (Lipinski definition) is 2. The largest absolute Gasteiger partial charge is 0.313 e. The SMILES string of the molecule is N#CC1CCCCC1NCCC1CC1. The molecule has 0 bridgehead atoms.